The first-order chi connectivity index (χ1) is 15.8. The van der Waals surface area contributed by atoms with Gasteiger partial charge >= 0.3 is 12.3 Å². The number of rotatable bonds is 6. The summed E-state index contributed by atoms with van der Waals surface area (Å²) in [5.41, 5.74) is 0.678. The highest BCUT2D eigenvalue weighted by atomic mass is 19.4. The number of morpholine rings is 1. The molecular weight excluding hydrogens is 435 g/mol. The van der Waals surface area contributed by atoms with E-state index in [2.05, 4.69) is 0 Å². The van der Waals surface area contributed by atoms with E-state index in [4.69, 9.17) is 9.47 Å². The molecule has 2 bridgehead atoms. The third kappa shape index (κ3) is 5.74. The van der Waals surface area contributed by atoms with Crippen LogP contribution in [-0.4, -0.2) is 42.1 Å². The van der Waals surface area contributed by atoms with Crippen molar-refractivity contribution in [2.75, 3.05) is 13.2 Å². The summed E-state index contributed by atoms with van der Waals surface area (Å²) in [5.74, 6) is -0.227. The SMILES string of the molecule is O=C(CCc1cccc(C(F)(F)F)c1)C1CC2COCC(C1)N2C(=O)OCc1ccccc1. The summed E-state index contributed by atoms with van der Waals surface area (Å²) in [6.07, 6.45) is -3.44. The van der Waals surface area contributed by atoms with Crippen LogP contribution in [0, 0.1) is 5.92 Å². The molecule has 0 saturated carbocycles. The van der Waals surface area contributed by atoms with E-state index in [0.29, 0.717) is 31.6 Å². The van der Waals surface area contributed by atoms with Crippen molar-refractivity contribution in [2.45, 2.75) is 50.6 Å². The number of fused-ring (bicyclic) bond motifs is 2. The smallest absolute Gasteiger partial charge is 0.416 e. The van der Waals surface area contributed by atoms with E-state index in [1.165, 1.54) is 6.07 Å². The lowest BCUT2D eigenvalue weighted by molar-refractivity contribution is -0.137. The molecule has 2 fully saturated rings. The van der Waals surface area contributed by atoms with Gasteiger partial charge in [-0.2, -0.15) is 13.2 Å². The molecule has 2 aromatic rings. The van der Waals surface area contributed by atoms with Crippen LogP contribution >= 0.6 is 0 Å². The van der Waals surface area contributed by atoms with Gasteiger partial charge in [0, 0.05) is 12.3 Å². The maximum absolute atomic E-state index is 12.9. The molecule has 4 rings (SSSR count). The Morgan fingerprint density at radius 2 is 1.64 bits per heavy atom. The lowest BCUT2D eigenvalue weighted by Gasteiger charge is -2.47. The molecule has 2 atom stereocenters. The van der Waals surface area contributed by atoms with Gasteiger partial charge in [0.2, 0.25) is 0 Å². The predicted molar refractivity (Wildman–Crippen MR) is 114 cm³/mol. The number of halogens is 3. The fourth-order valence-corrected chi connectivity index (χ4v) is 4.64. The summed E-state index contributed by atoms with van der Waals surface area (Å²) in [6.45, 7) is 0.860. The number of piperidine rings is 1. The molecule has 176 valence electrons. The Hall–Kier alpha value is -2.87. The van der Waals surface area contributed by atoms with E-state index in [1.54, 1.807) is 11.0 Å². The number of benzene rings is 2. The molecule has 2 aliphatic heterocycles. The minimum atomic E-state index is -4.40. The number of aryl methyl sites for hydroxylation is 1. The van der Waals surface area contributed by atoms with Crippen LogP contribution in [0.1, 0.15) is 36.0 Å². The Labute approximate surface area is 190 Å². The zero-order valence-electron chi connectivity index (χ0n) is 18.1. The molecule has 33 heavy (non-hydrogen) atoms. The summed E-state index contributed by atoms with van der Waals surface area (Å²) < 4.78 is 49.9. The average molecular weight is 461 g/mol. The van der Waals surface area contributed by atoms with Crippen molar-refractivity contribution in [1.82, 2.24) is 4.90 Å². The number of carbonyl (C=O) groups is 2. The van der Waals surface area contributed by atoms with Crippen molar-refractivity contribution < 1.29 is 32.2 Å². The molecule has 2 aromatic carbocycles. The number of Topliss-reactive ketones (excluding diaryl/α,β-unsaturated/α-hetero) is 1. The third-order valence-electron chi connectivity index (χ3n) is 6.31. The molecule has 2 aliphatic rings. The summed E-state index contributed by atoms with van der Waals surface area (Å²) in [4.78, 5) is 27.3. The molecule has 0 N–H and O–H groups in total. The van der Waals surface area contributed by atoms with Gasteiger partial charge in [0.1, 0.15) is 12.4 Å². The van der Waals surface area contributed by atoms with E-state index in [-0.39, 0.29) is 43.2 Å². The van der Waals surface area contributed by atoms with E-state index in [0.717, 1.165) is 17.7 Å². The second-order valence-electron chi connectivity index (χ2n) is 8.63. The minimum absolute atomic E-state index is 0.0154. The van der Waals surface area contributed by atoms with Crippen molar-refractivity contribution in [1.29, 1.82) is 0 Å². The highest BCUT2D eigenvalue weighted by molar-refractivity contribution is 5.82. The monoisotopic (exact) mass is 461 g/mol. The van der Waals surface area contributed by atoms with Gasteiger partial charge in [-0.05, 0) is 36.5 Å². The average Bonchev–Trinajstić information content (AvgIpc) is 2.80. The van der Waals surface area contributed by atoms with Crippen LogP contribution in [0.2, 0.25) is 0 Å². The first-order valence-electron chi connectivity index (χ1n) is 11.1. The molecule has 5 nitrogen and oxygen atoms in total. The largest absolute Gasteiger partial charge is 0.445 e. The molecule has 0 aromatic heterocycles. The van der Waals surface area contributed by atoms with Crippen LogP contribution in [-0.2, 0) is 33.5 Å². The van der Waals surface area contributed by atoms with Crippen LogP contribution in [0.15, 0.2) is 54.6 Å². The number of carbonyl (C=O) groups excluding carboxylic acids is 2. The fourth-order valence-electron chi connectivity index (χ4n) is 4.64. The Kier molecular flexibility index (Phi) is 7.02. The summed E-state index contributed by atoms with van der Waals surface area (Å²) in [6, 6.07) is 14.0. The highest BCUT2D eigenvalue weighted by Gasteiger charge is 2.44. The van der Waals surface area contributed by atoms with Gasteiger partial charge < -0.3 is 9.47 Å². The van der Waals surface area contributed by atoms with Crippen LogP contribution in [0.4, 0.5) is 18.0 Å². The number of hydrogen-bond acceptors (Lipinski definition) is 4. The summed E-state index contributed by atoms with van der Waals surface area (Å²) in [7, 11) is 0. The lowest BCUT2D eigenvalue weighted by atomic mass is 9.81. The van der Waals surface area contributed by atoms with Gasteiger partial charge in [0.05, 0.1) is 30.9 Å². The Balaban J connectivity index is 1.33. The third-order valence-corrected chi connectivity index (χ3v) is 6.31. The quantitative estimate of drug-likeness (QED) is 0.606. The molecule has 2 unspecified atom stereocenters. The van der Waals surface area contributed by atoms with E-state index in [9.17, 15) is 22.8 Å². The van der Waals surface area contributed by atoms with Crippen molar-refractivity contribution in [3.8, 4) is 0 Å². The normalized spacial score (nSPS) is 22.6. The highest BCUT2D eigenvalue weighted by Crippen LogP contribution is 2.34. The summed E-state index contributed by atoms with van der Waals surface area (Å²) in [5, 5.41) is 0. The maximum Gasteiger partial charge on any atom is 0.416 e. The molecule has 2 saturated heterocycles. The van der Waals surface area contributed by atoms with Crippen molar-refractivity contribution in [2.24, 2.45) is 5.92 Å². The van der Waals surface area contributed by atoms with E-state index in [1.807, 2.05) is 30.3 Å². The van der Waals surface area contributed by atoms with Crippen LogP contribution in [0.5, 0.6) is 0 Å². The van der Waals surface area contributed by atoms with Gasteiger partial charge in [0.15, 0.2) is 0 Å². The van der Waals surface area contributed by atoms with Crippen molar-refractivity contribution in [3.63, 3.8) is 0 Å². The zero-order chi connectivity index (χ0) is 23.4. The Bertz CT molecular complexity index is 965. The van der Waals surface area contributed by atoms with Crippen LogP contribution in [0.3, 0.4) is 0 Å². The standard InChI is InChI=1S/C25H26F3NO4/c26-25(27,28)20-8-4-7-17(11-20)9-10-23(30)19-12-21-15-32-16-22(13-19)29(21)24(31)33-14-18-5-2-1-3-6-18/h1-8,11,19,21-22H,9-10,12-16H2. The van der Waals surface area contributed by atoms with Crippen LogP contribution in [0.25, 0.3) is 0 Å². The lowest BCUT2D eigenvalue weighted by Crippen LogP contribution is -2.59. The number of alkyl halides is 3. The first-order valence-corrected chi connectivity index (χ1v) is 11.1. The molecule has 0 aliphatic carbocycles. The molecule has 1 amide bonds. The van der Waals surface area contributed by atoms with Crippen molar-refractivity contribution >= 4 is 11.9 Å². The van der Waals surface area contributed by atoms with Crippen molar-refractivity contribution in [3.05, 3.63) is 71.3 Å². The molecule has 2 heterocycles. The molecule has 0 radical (unpaired) electrons. The zero-order valence-corrected chi connectivity index (χ0v) is 18.1. The van der Waals surface area contributed by atoms with E-state index < -0.39 is 17.8 Å². The molecule has 0 spiro atoms. The summed E-state index contributed by atoms with van der Waals surface area (Å²) >= 11 is 0. The number of amides is 1. The van der Waals surface area contributed by atoms with Gasteiger partial charge in [-0.1, -0.05) is 48.5 Å². The Morgan fingerprint density at radius 1 is 0.970 bits per heavy atom. The second kappa shape index (κ2) is 9.95. The van der Waals surface area contributed by atoms with Gasteiger partial charge in [-0.3, -0.25) is 9.69 Å². The number of ketones is 1. The second-order valence-corrected chi connectivity index (χ2v) is 8.63. The Morgan fingerprint density at radius 3 is 2.30 bits per heavy atom. The topological polar surface area (TPSA) is 55.8 Å². The number of ether oxygens (including phenoxy) is 2. The first kappa shape index (κ1) is 23.3. The van der Waals surface area contributed by atoms with Gasteiger partial charge in [0.25, 0.3) is 0 Å². The van der Waals surface area contributed by atoms with Crippen LogP contribution < -0.4 is 0 Å². The fraction of sp³-hybridized carbons (Fsp3) is 0.440. The molecular formula is C25H26F3NO4. The van der Waals surface area contributed by atoms with E-state index >= 15 is 0 Å². The maximum atomic E-state index is 12.9. The van der Waals surface area contributed by atoms with Gasteiger partial charge in [-0.15, -0.1) is 0 Å². The number of nitrogens with zero attached hydrogens (tertiary/aromatic N) is 1. The number of hydrogen-bond donors (Lipinski definition) is 0. The van der Waals surface area contributed by atoms with Gasteiger partial charge in [-0.25, -0.2) is 4.79 Å². The molecule has 8 heteroatoms. The predicted octanol–water partition coefficient (Wildman–Crippen LogP) is 5.02. The minimum Gasteiger partial charge on any atom is -0.445 e.